The topological polar surface area (TPSA) is 153 Å². The molecule has 5 amide bonds. The van der Waals surface area contributed by atoms with Gasteiger partial charge in [-0.2, -0.15) is 0 Å². The molecule has 51 heavy (non-hydrogen) atoms. The quantitative estimate of drug-likeness (QED) is 0.208. The Morgan fingerprint density at radius 2 is 1.41 bits per heavy atom. The standard InChI is InChI=1S/C37H44N4O9S/c1-21-17-27(18-22(2)31(21)38-33(44)48-36(4,5)6)47-26-15-16-28(29(20-26)40(10)35(46)49-37(7,8)9)41(23(3)42)50-25-13-11-24(12-14-25)19-30-32(43)39-34(45)51-30/h11-18,20,30H,19H2,1-10H3,(H,38,44)(H,39,43,45). The van der Waals surface area contributed by atoms with Gasteiger partial charge in [0.05, 0.1) is 16.6 Å². The monoisotopic (exact) mass is 720 g/mol. The van der Waals surface area contributed by atoms with E-state index >= 15 is 0 Å². The van der Waals surface area contributed by atoms with Crippen LogP contribution in [0.2, 0.25) is 0 Å². The smallest absolute Gasteiger partial charge is 0.414 e. The molecule has 1 saturated heterocycles. The first-order valence-electron chi connectivity index (χ1n) is 16.2. The predicted octanol–water partition coefficient (Wildman–Crippen LogP) is 8.06. The summed E-state index contributed by atoms with van der Waals surface area (Å²) in [7, 11) is 1.51. The number of nitrogens with zero attached hydrogens (tertiary/aromatic N) is 2. The van der Waals surface area contributed by atoms with Crippen LogP contribution in [0.4, 0.5) is 31.4 Å². The molecular weight excluding hydrogens is 676 g/mol. The molecule has 3 aromatic rings. The van der Waals surface area contributed by atoms with Crippen LogP contribution in [0.1, 0.15) is 65.2 Å². The highest BCUT2D eigenvalue weighted by Crippen LogP contribution is 2.37. The second-order valence-electron chi connectivity index (χ2n) is 14.0. The van der Waals surface area contributed by atoms with Crippen LogP contribution in [0.3, 0.4) is 0 Å². The fourth-order valence-corrected chi connectivity index (χ4v) is 5.83. The lowest BCUT2D eigenvalue weighted by molar-refractivity contribution is -0.120. The molecule has 1 atom stereocenters. The van der Waals surface area contributed by atoms with Gasteiger partial charge in [0.15, 0.2) is 5.75 Å². The summed E-state index contributed by atoms with van der Waals surface area (Å²) < 4.78 is 17.2. The molecule has 0 bridgehead atoms. The minimum absolute atomic E-state index is 0.231. The summed E-state index contributed by atoms with van der Waals surface area (Å²) in [5.74, 6) is 0.306. The summed E-state index contributed by atoms with van der Waals surface area (Å²) in [5, 5.41) is 5.23. The number of imide groups is 1. The molecule has 4 rings (SSSR count). The molecule has 0 saturated carbocycles. The highest BCUT2D eigenvalue weighted by Gasteiger charge is 2.32. The molecule has 1 unspecified atom stereocenters. The Hall–Kier alpha value is -5.24. The highest BCUT2D eigenvalue weighted by atomic mass is 32.2. The molecule has 0 spiro atoms. The lowest BCUT2D eigenvalue weighted by Crippen LogP contribution is -2.37. The van der Waals surface area contributed by atoms with Gasteiger partial charge in [0, 0.05) is 20.0 Å². The van der Waals surface area contributed by atoms with Crippen molar-refractivity contribution in [3.8, 4) is 17.2 Å². The van der Waals surface area contributed by atoms with Gasteiger partial charge in [0.2, 0.25) is 5.91 Å². The number of rotatable bonds is 9. The SMILES string of the molecule is CC(=O)N(Oc1ccc(CC2SC(=O)NC2=O)cc1)c1ccc(Oc2cc(C)c(NC(=O)OC(C)(C)C)c(C)c2)cc1N(C)C(=O)OC(C)(C)C. The van der Waals surface area contributed by atoms with E-state index in [1.54, 1.807) is 96.1 Å². The zero-order valence-corrected chi connectivity index (χ0v) is 31.3. The van der Waals surface area contributed by atoms with Gasteiger partial charge >= 0.3 is 12.2 Å². The van der Waals surface area contributed by atoms with E-state index in [-0.39, 0.29) is 22.5 Å². The maximum atomic E-state index is 13.3. The summed E-state index contributed by atoms with van der Waals surface area (Å²) in [6.07, 6.45) is -0.908. The Morgan fingerprint density at radius 3 is 1.94 bits per heavy atom. The number of carbonyl (C=O) groups is 5. The fraction of sp³-hybridized carbons (Fsp3) is 0.378. The third-order valence-corrected chi connectivity index (χ3v) is 8.14. The second-order valence-corrected chi connectivity index (χ2v) is 15.2. The number of hydroxylamine groups is 1. The molecule has 0 radical (unpaired) electrons. The van der Waals surface area contributed by atoms with Crippen molar-refractivity contribution < 1.29 is 43.0 Å². The summed E-state index contributed by atoms with van der Waals surface area (Å²) in [6, 6.07) is 15.1. The first-order chi connectivity index (χ1) is 23.7. The molecular formula is C37H44N4O9S. The van der Waals surface area contributed by atoms with E-state index in [2.05, 4.69) is 10.6 Å². The number of hydrogen-bond donors (Lipinski definition) is 2. The van der Waals surface area contributed by atoms with E-state index in [1.807, 2.05) is 13.8 Å². The Kier molecular flexibility index (Phi) is 11.6. The number of ether oxygens (including phenoxy) is 3. The second kappa shape index (κ2) is 15.3. The Morgan fingerprint density at radius 1 is 0.824 bits per heavy atom. The van der Waals surface area contributed by atoms with Crippen LogP contribution >= 0.6 is 11.8 Å². The summed E-state index contributed by atoms with van der Waals surface area (Å²) in [5.41, 5.74) is 1.89. The minimum atomic E-state index is -0.798. The van der Waals surface area contributed by atoms with Crippen LogP contribution in [0, 0.1) is 13.8 Å². The van der Waals surface area contributed by atoms with Crippen LogP contribution < -0.4 is 30.2 Å². The lowest BCUT2D eigenvalue weighted by atomic mass is 10.1. The van der Waals surface area contributed by atoms with Crippen LogP contribution in [0.25, 0.3) is 0 Å². The van der Waals surface area contributed by atoms with Crippen molar-refractivity contribution in [3.05, 3.63) is 71.3 Å². The first kappa shape index (κ1) is 38.6. The predicted molar refractivity (Wildman–Crippen MR) is 196 cm³/mol. The number of hydrogen-bond acceptors (Lipinski definition) is 10. The van der Waals surface area contributed by atoms with Crippen LogP contribution in [-0.2, 0) is 25.5 Å². The Bertz CT molecular complexity index is 1810. The average molecular weight is 721 g/mol. The first-order valence-corrected chi connectivity index (χ1v) is 17.1. The number of thioether (sulfide) groups is 1. The number of amides is 5. The third kappa shape index (κ3) is 10.6. The molecule has 1 heterocycles. The van der Waals surface area contributed by atoms with Crippen LogP contribution in [0.5, 0.6) is 17.2 Å². The summed E-state index contributed by atoms with van der Waals surface area (Å²) >= 11 is 0.945. The van der Waals surface area contributed by atoms with Crippen LogP contribution in [0.15, 0.2) is 54.6 Å². The molecule has 2 N–H and O–H groups in total. The van der Waals surface area contributed by atoms with Crippen molar-refractivity contribution in [2.45, 2.75) is 85.2 Å². The summed E-state index contributed by atoms with van der Waals surface area (Å²) in [6.45, 7) is 15.6. The van der Waals surface area contributed by atoms with Crippen molar-refractivity contribution in [2.24, 2.45) is 0 Å². The number of anilines is 3. The Balaban J connectivity index is 1.63. The Labute approximate surface area is 301 Å². The van der Waals surface area contributed by atoms with Gasteiger partial charge in [-0.1, -0.05) is 23.9 Å². The maximum absolute atomic E-state index is 13.3. The maximum Gasteiger partial charge on any atom is 0.414 e. The minimum Gasteiger partial charge on any atom is -0.457 e. The molecule has 0 aromatic heterocycles. The third-order valence-electron chi connectivity index (χ3n) is 7.16. The molecule has 272 valence electrons. The number of carbonyl (C=O) groups excluding carboxylic acids is 5. The van der Waals surface area contributed by atoms with Gasteiger partial charge in [-0.15, -0.1) is 5.06 Å². The van der Waals surface area contributed by atoms with Gasteiger partial charge in [-0.3, -0.25) is 29.9 Å². The van der Waals surface area contributed by atoms with Gasteiger partial charge in [-0.05, 0) is 115 Å². The van der Waals surface area contributed by atoms with Gasteiger partial charge in [0.1, 0.15) is 28.4 Å². The molecule has 1 fully saturated rings. The van der Waals surface area contributed by atoms with Crippen molar-refractivity contribution >= 4 is 58.1 Å². The van der Waals surface area contributed by atoms with Gasteiger partial charge < -0.3 is 19.0 Å². The van der Waals surface area contributed by atoms with Crippen LogP contribution in [-0.4, -0.2) is 52.7 Å². The van der Waals surface area contributed by atoms with E-state index in [1.165, 1.54) is 18.9 Å². The lowest BCUT2D eigenvalue weighted by Gasteiger charge is -2.29. The molecule has 3 aromatic carbocycles. The normalized spacial score (nSPS) is 14.4. The average Bonchev–Trinajstić information content (AvgIpc) is 3.32. The number of aryl methyl sites for hydroxylation is 2. The van der Waals surface area contributed by atoms with Crippen molar-refractivity contribution in [2.75, 3.05) is 22.3 Å². The van der Waals surface area contributed by atoms with E-state index < -0.39 is 34.5 Å². The van der Waals surface area contributed by atoms with E-state index in [9.17, 15) is 24.0 Å². The molecule has 13 nitrogen and oxygen atoms in total. The molecule has 14 heteroatoms. The van der Waals surface area contributed by atoms with Crippen molar-refractivity contribution in [1.82, 2.24) is 5.32 Å². The fourth-order valence-electron chi connectivity index (χ4n) is 4.97. The largest absolute Gasteiger partial charge is 0.457 e. The van der Waals surface area contributed by atoms with E-state index in [0.29, 0.717) is 29.4 Å². The van der Waals surface area contributed by atoms with Gasteiger partial charge in [0.25, 0.3) is 11.1 Å². The van der Waals surface area contributed by atoms with Crippen molar-refractivity contribution in [3.63, 3.8) is 0 Å². The van der Waals surface area contributed by atoms with E-state index in [0.717, 1.165) is 33.5 Å². The van der Waals surface area contributed by atoms with Gasteiger partial charge in [-0.25, -0.2) is 9.59 Å². The zero-order valence-electron chi connectivity index (χ0n) is 30.5. The molecule has 0 aliphatic carbocycles. The highest BCUT2D eigenvalue weighted by molar-refractivity contribution is 8.15. The molecule has 1 aliphatic rings. The summed E-state index contributed by atoms with van der Waals surface area (Å²) in [4.78, 5) is 69.6. The molecule has 1 aliphatic heterocycles. The zero-order chi connectivity index (χ0) is 37.8. The number of benzene rings is 3. The van der Waals surface area contributed by atoms with Crippen molar-refractivity contribution in [1.29, 1.82) is 0 Å². The van der Waals surface area contributed by atoms with E-state index in [4.69, 9.17) is 19.0 Å². The number of nitrogens with one attached hydrogen (secondary N) is 2.